The number of esters is 1. The zero-order chi connectivity index (χ0) is 18.8. The summed E-state index contributed by atoms with van der Waals surface area (Å²) >= 11 is 0. The van der Waals surface area contributed by atoms with Crippen LogP contribution in [0.25, 0.3) is 0 Å². The van der Waals surface area contributed by atoms with Crippen molar-refractivity contribution >= 4 is 11.9 Å². The summed E-state index contributed by atoms with van der Waals surface area (Å²) in [6.07, 6.45) is 3.79. The van der Waals surface area contributed by atoms with Crippen molar-refractivity contribution in [1.82, 2.24) is 0 Å². The van der Waals surface area contributed by atoms with Gasteiger partial charge in [-0.1, -0.05) is 43.2 Å². The van der Waals surface area contributed by atoms with Crippen molar-refractivity contribution in [2.24, 2.45) is 5.92 Å². The number of ether oxygens (including phenoxy) is 1. The van der Waals surface area contributed by atoms with Crippen LogP contribution in [-0.4, -0.2) is 54.3 Å². The first-order valence-electron chi connectivity index (χ1n) is 9.36. The SMILES string of the molecule is C[N@@+]1(CC(=O)[O-])CC[C@H](OC(=O)[C@](O)(c2ccccc2)C2CCCC2)C1. The molecule has 2 aliphatic rings. The van der Waals surface area contributed by atoms with Crippen molar-refractivity contribution in [3.8, 4) is 0 Å². The van der Waals surface area contributed by atoms with Crippen LogP contribution in [-0.2, 0) is 19.9 Å². The smallest absolute Gasteiger partial charge is 0.343 e. The first-order chi connectivity index (χ1) is 12.3. The van der Waals surface area contributed by atoms with E-state index in [2.05, 4.69) is 0 Å². The Labute approximate surface area is 154 Å². The van der Waals surface area contributed by atoms with Crippen LogP contribution in [0.3, 0.4) is 0 Å². The lowest BCUT2D eigenvalue weighted by atomic mass is 9.80. The van der Waals surface area contributed by atoms with Crippen LogP contribution in [0.15, 0.2) is 30.3 Å². The normalized spacial score (nSPS) is 28.6. The number of aliphatic hydroxyl groups is 1. The molecule has 0 radical (unpaired) electrons. The van der Waals surface area contributed by atoms with Gasteiger partial charge in [-0.25, -0.2) is 4.79 Å². The molecule has 26 heavy (non-hydrogen) atoms. The number of likely N-dealkylation sites (N-methyl/N-ethyl adjacent to an activating group) is 1. The van der Waals surface area contributed by atoms with Gasteiger partial charge in [0.25, 0.3) is 0 Å². The van der Waals surface area contributed by atoms with Crippen LogP contribution in [0.1, 0.15) is 37.7 Å². The molecule has 142 valence electrons. The molecule has 0 aromatic heterocycles. The number of carboxylic acid groups (broad SMARTS) is 1. The largest absolute Gasteiger partial charge is 0.544 e. The lowest BCUT2D eigenvalue weighted by Crippen LogP contribution is -2.51. The van der Waals surface area contributed by atoms with Crippen molar-refractivity contribution < 1.29 is 29.0 Å². The summed E-state index contributed by atoms with van der Waals surface area (Å²) in [4.78, 5) is 24.0. The molecule has 3 rings (SSSR count). The molecule has 1 N–H and O–H groups in total. The van der Waals surface area contributed by atoms with E-state index in [4.69, 9.17) is 4.74 Å². The molecule has 0 bridgehead atoms. The molecule has 1 aliphatic heterocycles. The standard InChI is InChI=1S/C20H27NO5/c1-21(14-18(22)23)12-11-17(13-21)26-19(24)20(25,16-9-5-6-10-16)15-7-3-2-4-8-15/h2-4,7-8,16-17,25H,5-6,9-14H2,1H3/t17-,20-,21+/m0/s1. The number of benzene rings is 1. The summed E-state index contributed by atoms with van der Waals surface area (Å²) in [5.74, 6) is -1.86. The highest BCUT2D eigenvalue weighted by atomic mass is 16.6. The quantitative estimate of drug-likeness (QED) is 0.592. The summed E-state index contributed by atoms with van der Waals surface area (Å²) in [5, 5.41) is 22.3. The Morgan fingerprint density at radius 3 is 2.50 bits per heavy atom. The van der Waals surface area contributed by atoms with E-state index in [0.717, 1.165) is 25.7 Å². The van der Waals surface area contributed by atoms with Crippen molar-refractivity contribution in [3.05, 3.63) is 35.9 Å². The number of quaternary nitrogens is 1. The van der Waals surface area contributed by atoms with E-state index in [9.17, 15) is 19.8 Å². The molecule has 1 aromatic rings. The number of hydrogen-bond acceptors (Lipinski definition) is 5. The molecule has 1 aromatic carbocycles. The summed E-state index contributed by atoms with van der Waals surface area (Å²) in [7, 11) is 1.82. The molecule has 6 heteroatoms. The molecular weight excluding hydrogens is 334 g/mol. The molecule has 1 saturated carbocycles. The molecule has 3 atom stereocenters. The number of likely N-dealkylation sites (tertiary alicyclic amines) is 1. The lowest BCUT2D eigenvalue weighted by Gasteiger charge is -2.33. The van der Waals surface area contributed by atoms with Gasteiger partial charge in [0.2, 0.25) is 0 Å². The fourth-order valence-corrected chi connectivity index (χ4v) is 4.48. The van der Waals surface area contributed by atoms with Crippen LogP contribution < -0.4 is 5.11 Å². The summed E-state index contributed by atoms with van der Waals surface area (Å²) in [5.41, 5.74) is -1.07. The Morgan fingerprint density at radius 1 is 1.23 bits per heavy atom. The van der Waals surface area contributed by atoms with Gasteiger partial charge < -0.3 is 24.2 Å². The molecule has 1 heterocycles. The maximum Gasteiger partial charge on any atom is 0.343 e. The first kappa shape index (κ1) is 18.9. The molecule has 2 fully saturated rings. The van der Waals surface area contributed by atoms with Gasteiger partial charge in [-0.2, -0.15) is 0 Å². The number of carboxylic acids is 1. The molecule has 1 saturated heterocycles. The molecule has 6 nitrogen and oxygen atoms in total. The number of aliphatic carboxylic acids is 1. The van der Waals surface area contributed by atoms with Crippen LogP contribution in [0.5, 0.6) is 0 Å². The van der Waals surface area contributed by atoms with Gasteiger partial charge in [0.1, 0.15) is 13.1 Å². The van der Waals surface area contributed by atoms with Crippen molar-refractivity contribution in [2.75, 3.05) is 26.7 Å². The number of nitrogens with zero attached hydrogens (tertiary/aromatic N) is 1. The van der Waals surface area contributed by atoms with Gasteiger partial charge in [0.15, 0.2) is 11.7 Å². The molecular formula is C20H27NO5. The highest BCUT2D eigenvalue weighted by Gasteiger charge is 2.49. The van der Waals surface area contributed by atoms with E-state index in [0.29, 0.717) is 25.1 Å². The second-order valence-electron chi connectivity index (χ2n) is 7.99. The molecule has 0 unspecified atom stereocenters. The van der Waals surface area contributed by atoms with E-state index in [1.807, 2.05) is 25.2 Å². The Hall–Kier alpha value is -1.92. The van der Waals surface area contributed by atoms with Crippen molar-refractivity contribution in [3.63, 3.8) is 0 Å². The molecule has 0 amide bonds. The van der Waals surface area contributed by atoms with Crippen LogP contribution >= 0.6 is 0 Å². The maximum absolute atomic E-state index is 13.0. The van der Waals surface area contributed by atoms with Crippen molar-refractivity contribution in [1.29, 1.82) is 0 Å². The van der Waals surface area contributed by atoms with Gasteiger partial charge in [-0.05, 0) is 18.4 Å². The van der Waals surface area contributed by atoms with Gasteiger partial charge >= 0.3 is 5.97 Å². The number of rotatable bonds is 6. The minimum atomic E-state index is -1.64. The van der Waals surface area contributed by atoms with Gasteiger partial charge in [-0.15, -0.1) is 0 Å². The van der Waals surface area contributed by atoms with Crippen molar-refractivity contribution in [2.45, 2.75) is 43.8 Å². The molecule has 0 spiro atoms. The number of carbonyl (C=O) groups excluding carboxylic acids is 2. The van der Waals surface area contributed by atoms with E-state index < -0.39 is 17.5 Å². The highest BCUT2D eigenvalue weighted by Crippen LogP contribution is 2.42. The third-order valence-electron chi connectivity index (χ3n) is 5.89. The fraction of sp³-hybridized carbons (Fsp3) is 0.600. The van der Waals surface area contributed by atoms with E-state index >= 15 is 0 Å². The van der Waals surface area contributed by atoms with Crippen LogP contribution in [0.4, 0.5) is 0 Å². The molecule has 1 aliphatic carbocycles. The second-order valence-corrected chi connectivity index (χ2v) is 7.99. The Morgan fingerprint density at radius 2 is 1.88 bits per heavy atom. The first-order valence-corrected chi connectivity index (χ1v) is 9.36. The Kier molecular flexibility index (Phi) is 5.34. The summed E-state index contributed by atoms with van der Waals surface area (Å²) < 4.78 is 5.99. The predicted molar refractivity (Wildman–Crippen MR) is 92.6 cm³/mol. The maximum atomic E-state index is 13.0. The van der Waals surface area contributed by atoms with E-state index in [-0.39, 0.29) is 23.0 Å². The zero-order valence-corrected chi connectivity index (χ0v) is 15.2. The second kappa shape index (κ2) is 7.37. The summed E-state index contributed by atoms with van der Waals surface area (Å²) in [6, 6.07) is 9.01. The number of carbonyl (C=O) groups is 2. The minimum absolute atomic E-state index is 0.0976. The van der Waals surface area contributed by atoms with Crippen LogP contribution in [0.2, 0.25) is 0 Å². The highest BCUT2D eigenvalue weighted by molar-refractivity contribution is 5.81. The van der Waals surface area contributed by atoms with Gasteiger partial charge in [-0.3, -0.25) is 0 Å². The van der Waals surface area contributed by atoms with E-state index in [1.165, 1.54) is 0 Å². The monoisotopic (exact) mass is 361 g/mol. The summed E-state index contributed by atoms with van der Waals surface area (Å²) in [6.45, 7) is 0.938. The average Bonchev–Trinajstić information content (AvgIpc) is 3.25. The third-order valence-corrected chi connectivity index (χ3v) is 5.89. The van der Waals surface area contributed by atoms with Gasteiger partial charge in [0, 0.05) is 12.3 Å². The van der Waals surface area contributed by atoms with Crippen LogP contribution in [0, 0.1) is 5.92 Å². The zero-order valence-electron chi connectivity index (χ0n) is 15.2. The number of hydrogen-bond donors (Lipinski definition) is 1. The Bertz CT molecular complexity index is 657. The van der Waals surface area contributed by atoms with Gasteiger partial charge in [0.05, 0.1) is 19.6 Å². The third kappa shape index (κ3) is 3.76. The topological polar surface area (TPSA) is 86.7 Å². The van der Waals surface area contributed by atoms with E-state index in [1.54, 1.807) is 12.1 Å². The average molecular weight is 361 g/mol. The minimum Gasteiger partial charge on any atom is -0.544 e. The lowest BCUT2D eigenvalue weighted by molar-refractivity contribution is -0.893. The Balaban J connectivity index is 1.76. The fourth-order valence-electron chi connectivity index (χ4n) is 4.48. The predicted octanol–water partition coefficient (Wildman–Crippen LogP) is 0.576.